The number of aryl methyl sites for hydroxylation is 3. The Morgan fingerprint density at radius 1 is 1.24 bits per heavy atom. The van der Waals surface area contributed by atoms with E-state index >= 15 is 0 Å². The molecule has 1 aliphatic heterocycles. The van der Waals surface area contributed by atoms with Crippen molar-refractivity contribution in [3.63, 3.8) is 0 Å². The molecule has 1 aliphatic rings. The Bertz CT molecular complexity index is 1180. The van der Waals surface area contributed by atoms with Crippen LogP contribution in [0.4, 0.5) is 20.3 Å². The van der Waals surface area contributed by atoms with Crippen LogP contribution in [0.3, 0.4) is 0 Å². The summed E-state index contributed by atoms with van der Waals surface area (Å²) in [6.07, 6.45) is -1.34. The topological polar surface area (TPSA) is 60.2 Å². The average Bonchev–Trinajstić information content (AvgIpc) is 2.70. The second-order valence-corrected chi connectivity index (χ2v) is 7.36. The lowest BCUT2D eigenvalue weighted by molar-refractivity contribution is 0.151. The van der Waals surface area contributed by atoms with E-state index in [1.165, 1.54) is 17.7 Å². The first-order chi connectivity index (χ1) is 13.8. The second-order valence-electron chi connectivity index (χ2n) is 7.00. The van der Waals surface area contributed by atoms with Gasteiger partial charge in [0.15, 0.2) is 0 Å². The van der Waals surface area contributed by atoms with Gasteiger partial charge in [0.2, 0.25) is 5.88 Å². The summed E-state index contributed by atoms with van der Waals surface area (Å²) in [5.41, 5.74) is 1.96. The standard InChI is InChI=1S/C20H19ClF2N4O2/c1-10-7-11-14(26(2)20(10)28)9-16(29-3)25-19(11)27-6-4-5-13-15(27)8-12(18(22)23)17(21)24-13/h7-9,18H,4-6H2,1-3H3. The molecule has 4 heterocycles. The highest BCUT2D eigenvalue weighted by Gasteiger charge is 2.27. The SMILES string of the molecule is COc1cc2c(cc(C)c(=O)n2C)c(N2CCCc3nc(Cl)c(C(F)F)cc32)n1. The first-order valence-corrected chi connectivity index (χ1v) is 9.50. The second kappa shape index (κ2) is 7.26. The molecule has 0 spiro atoms. The number of alkyl halides is 2. The first-order valence-electron chi connectivity index (χ1n) is 9.12. The van der Waals surface area contributed by atoms with Crippen LogP contribution < -0.4 is 15.2 Å². The molecule has 0 saturated carbocycles. The Kier molecular flexibility index (Phi) is 4.90. The molecular formula is C20H19ClF2N4O2. The van der Waals surface area contributed by atoms with Crippen LogP contribution in [0.5, 0.6) is 5.88 Å². The third kappa shape index (κ3) is 3.21. The number of ether oxygens (including phenoxy) is 1. The number of halogens is 3. The molecule has 0 bridgehead atoms. The van der Waals surface area contributed by atoms with Crippen molar-refractivity contribution in [3.05, 3.63) is 50.5 Å². The van der Waals surface area contributed by atoms with E-state index in [9.17, 15) is 13.6 Å². The van der Waals surface area contributed by atoms with Gasteiger partial charge < -0.3 is 14.2 Å². The van der Waals surface area contributed by atoms with Crippen molar-refractivity contribution in [2.24, 2.45) is 7.05 Å². The highest BCUT2D eigenvalue weighted by Crippen LogP contribution is 2.40. The van der Waals surface area contributed by atoms with Crippen LogP contribution in [-0.4, -0.2) is 28.2 Å². The zero-order valence-corrected chi connectivity index (χ0v) is 16.9. The maximum absolute atomic E-state index is 13.4. The highest BCUT2D eigenvalue weighted by atomic mass is 35.5. The summed E-state index contributed by atoms with van der Waals surface area (Å²) >= 11 is 5.97. The van der Waals surface area contributed by atoms with Crippen LogP contribution in [-0.2, 0) is 13.5 Å². The van der Waals surface area contributed by atoms with Crippen LogP contribution in [0.15, 0.2) is 23.0 Å². The third-order valence-electron chi connectivity index (χ3n) is 5.20. The minimum atomic E-state index is -2.73. The van der Waals surface area contributed by atoms with E-state index in [2.05, 4.69) is 9.97 Å². The molecule has 0 fully saturated rings. The molecule has 9 heteroatoms. The molecule has 152 valence electrons. The van der Waals surface area contributed by atoms with E-state index in [-0.39, 0.29) is 16.3 Å². The van der Waals surface area contributed by atoms with E-state index in [1.54, 1.807) is 26.1 Å². The number of anilines is 2. The Hall–Kier alpha value is -2.74. The van der Waals surface area contributed by atoms with Crippen LogP contribution in [0.2, 0.25) is 5.15 Å². The summed E-state index contributed by atoms with van der Waals surface area (Å²) < 4.78 is 33.7. The van der Waals surface area contributed by atoms with Gasteiger partial charge in [0, 0.05) is 30.6 Å². The van der Waals surface area contributed by atoms with Gasteiger partial charge in [0.05, 0.1) is 29.6 Å². The van der Waals surface area contributed by atoms with Gasteiger partial charge >= 0.3 is 0 Å². The molecular weight excluding hydrogens is 402 g/mol. The van der Waals surface area contributed by atoms with Crippen molar-refractivity contribution in [2.45, 2.75) is 26.2 Å². The summed E-state index contributed by atoms with van der Waals surface area (Å²) in [5.74, 6) is 0.859. The van der Waals surface area contributed by atoms with Gasteiger partial charge in [0.25, 0.3) is 12.0 Å². The van der Waals surface area contributed by atoms with Crippen LogP contribution in [0.1, 0.15) is 29.7 Å². The molecule has 0 aromatic carbocycles. The summed E-state index contributed by atoms with van der Waals surface area (Å²) in [7, 11) is 3.17. The van der Waals surface area contributed by atoms with Crippen molar-refractivity contribution in [2.75, 3.05) is 18.6 Å². The molecule has 0 saturated heterocycles. The Labute approximate surface area is 170 Å². The lowest BCUT2D eigenvalue weighted by Gasteiger charge is -2.31. The number of hydrogen-bond acceptors (Lipinski definition) is 5. The van der Waals surface area contributed by atoms with E-state index < -0.39 is 6.43 Å². The Morgan fingerprint density at radius 3 is 2.69 bits per heavy atom. The quantitative estimate of drug-likeness (QED) is 0.590. The van der Waals surface area contributed by atoms with E-state index in [1.807, 2.05) is 4.90 Å². The Morgan fingerprint density at radius 2 is 2.00 bits per heavy atom. The van der Waals surface area contributed by atoms with Crippen molar-refractivity contribution in [1.82, 2.24) is 14.5 Å². The molecule has 3 aromatic heterocycles. The smallest absolute Gasteiger partial charge is 0.266 e. The highest BCUT2D eigenvalue weighted by molar-refractivity contribution is 6.30. The minimum Gasteiger partial charge on any atom is -0.481 e. The van der Waals surface area contributed by atoms with Crippen molar-refractivity contribution in [3.8, 4) is 5.88 Å². The monoisotopic (exact) mass is 420 g/mol. The van der Waals surface area contributed by atoms with E-state index in [0.29, 0.717) is 47.1 Å². The Balaban J connectivity index is 2.02. The van der Waals surface area contributed by atoms with E-state index in [0.717, 1.165) is 11.8 Å². The zero-order chi connectivity index (χ0) is 20.9. The predicted molar refractivity (Wildman–Crippen MR) is 108 cm³/mol. The van der Waals surface area contributed by atoms with Gasteiger partial charge in [-0.15, -0.1) is 0 Å². The molecule has 4 rings (SSSR count). The molecule has 29 heavy (non-hydrogen) atoms. The van der Waals surface area contributed by atoms with Crippen LogP contribution in [0.25, 0.3) is 10.9 Å². The van der Waals surface area contributed by atoms with Gasteiger partial charge in [0.1, 0.15) is 11.0 Å². The van der Waals surface area contributed by atoms with Gasteiger partial charge in [-0.1, -0.05) is 11.6 Å². The van der Waals surface area contributed by atoms with Gasteiger partial charge in [-0.3, -0.25) is 4.79 Å². The molecule has 0 unspecified atom stereocenters. The fourth-order valence-electron chi connectivity index (χ4n) is 3.73. The van der Waals surface area contributed by atoms with Crippen molar-refractivity contribution >= 4 is 34.0 Å². The largest absolute Gasteiger partial charge is 0.481 e. The van der Waals surface area contributed by atoms with Gasteiger partial charge in [-0.05, 0) is 31.9 Å². The zero-order valence-electron chi connectivity index (χ0n) is 16.2. The average molecular weight is 421 g/mol. The summed E-state index contributed by atoms with van der Waals surface area (Å²) in [5, 5.41) is 0.550. The predicted octanol–water partition coefficient (Wildman–Crippen LogP) is 4.32. The molecule has 0 aliphatic carbocycles. The maximum atomic E-state index is 13.4. The molecule has 0 radical (unpaired) electrons. The summed E-state index contributed by atoms with van der Waals surface area (Å²) in [6, 6.07) is 4.84. The fraction of sp³-hybridized carbons (Fsp3) is 0.350. The minimum absolute atomic E-state index is 0.121. The van der Waals surface area contributed by atoms with Crippen LogP contribution >= 0.6 is 11.6 Å². The normalized spacial score (nSPS) is 13.8. The van der Waals surface area contributed by atoms with Crippen LogP contribution in [0, 0.1) is 6.92 Å². The number of rotatable bonds is 3. The molecule has 6 nitrogen and oxygen atoms in total. The summed E-state index contributed by atoms with van der Waals surface area (Å²) in [4.78, 5) is 23.1. The van der Waals surface area contributed by atoms with Crippen molar-refractivity contribution in [1.29, 1.82) is 0 Å². The number of aromatic nitrogens is 3. The number of pyridine rings is 3. The first kappa shape index (κ1) is 19.6. The lowest BCUT2D eigenvalue weighted by Crippen LogP contribution is -2.28. The fourth-order valence-corrected chi connectivity index (χ4v) is 3.97. The molecule has 0 N–H and O–H groups in total. The lowest BCUT2D eigenvalue weighted by atomic mass is 10.0. The molecule has 0 atom stereocenters. The maximum Gasteiger partial charge on any atom is 0.266 e. The summed E-state index contributed by atoms with van der Waals surface area (Å²) in [6.45, 7) is 2.30. The molecule has 0 amide bonds. The van der Waals surface area contributed by atoms with E-state index in [4.69, 9.17) is 16.3 Å². The van der Waals surface area contributed by atoms with Gasteiger partial charge in [-0.25, -0.2) is 13.8 Å². The van der Waals surface area contributed by atoms with Gasteiger partial charge in [-0.2, -0.15) is 4.98 Å². The van der Waals surface area contributed by atoms with Crippen molar-refractivity contribution < 1.29 is 13.5 Å². The molecule has 3 aromatic rings. The number of methoxy groups -OCH3 is 1. The third-order valence-corrected chi connectivity index (χ3v) is 5.51. The number of nitrogens with zero attached hydrogens (tertiary/aromatic N) is 4. The number of hydrogen-bond donors (Lipinski definition) is 0. The number of fused-ring (bicyclic) bond motifs is 2.